The first-order valence-corrected chi connectivity index (χ1v) is 11.9. The minimum atomic E-state index is -0.260. The van der Waals surface area contributed by atoms with Crippen molar-refractivity contribution in [1.82, 2.24) is 9.80 Å². The van der Waals surface area contributed by atoms with E-state index in [1.165, 1.54) is 29.8 Å². The third-order valence-corrected chi connectivity index (χ3v) is 7.88. The van der Waals surface area contributed by atoms with Gasteiger partial charge in [-0.25, -0.2) is 0 Å². The SMILES string of the molecule is CCCCN1CCC2(CC1)OCCc1sc(C(=O)N3CCCC(O)CC3)cc12. The first-order valence-electron chi connectivity index (χ1n) is 11.1. The van der Waals surface area contributed by atoms with Gasteiger partial charge in [-0.2, -0.15) is 0 Å². The summed E-state index contributed by atoms with van der Waals surface area (Å²) in [6.45, 7) is 7.80. The number of aliphatic hydroxyl groups is 1. The minimum absolute atomic E-state index is 0.143. The first-order chi connectivity index (χ1) is 13.6. The van der Waals surface area contributed by atoms with Crippen molar-refractivity contribution in [1.29, 1.82) is 0 Å². The monoisotopic (exact) mass is 406 g/mol. The number of carbonyl (C=O) groups is 1. The summed E-state index contributed by atoms with van der Waals surface area (Å²) < 4.78 is 6.38. The first kappa shape index (κ1) is 20.3. The zero-order valence-electron chi connectivity index (χ0n) is 17.1. The standard InChI is InChI=1S/C22H34N2O3S/c1-2-3-10-23-13-8-22(9-14-23)18-16-20(28-19(18)7-15-27-22)21(26)24-11-4-5-17(25)6-12-24/h16-17,25H,2-15H2,1H3. The number of ether oxygens (including phenoxy) is 1. The average molecular weight is 407 g/mol. The molecule has 1 amide bonds. The van der Waals surface area contributed by atoms with Gasteiger partial charge in [0.05, 0.1) is 23.2 Å². The molecule has 1 atom stereocenters. The minimum Gasteiger partial charge on any atom is -0.393 e. The van der Waals surface area contributed by atoms with Gasteiger partial charge < -0.3 is 19.6 Å². The Morgan fingerprint density at radius 3 is 2.89 bits per heavy atom. The molecule has 0 aliphatic carbocycles. The number of carbonyl (C=O) groups excluding carboxylic acids is 1. The second-order valence-electron chi connectivity index (χ2n) is 8.61. The Kier molecular flexibility index (Phi) is 6.40. The van der Waals surface area contributed by atoms with E-state index in [1.54, 1.807) is 11.3 Å². The third-order valence-electron chi connectivity index (χ3n) is 6.69. The Morgan fingerprint density at radius 2 is 2.11 bits per heavy atom. The van der Waals surface area contributed by atoms with Crippen LogP contribution in [0, 0.1) is 0 Å². The Hall–Kier alpha value is -0.950. The number of rotatable bonds is 4. The number of fused-ring (bicyclic) bond motifs is 2. The normalized spacial score (nSPS) is 25.5. The van der Waals surface area contributed by atoms with E-state index in [9.17, 15) is 9.90 Å². The molecule has 1 N–H and O–H groups in total. The van der Waals surface area contributed by atoms with E-state index in [1.807, 2.05) is 4.90 Å². The molecular formula is C22H34N2O3S. The summed E-state index contributed by atoms with van der Waals surface area (Å²) >= 11 is 1.68. The lowest BCUT2D eigenvalue weighted by Gasteiger charge is -2.44. The van der Waals surface area contributed by atoms with Crippen LogP contribution in [0.25, 0.3) is 0 Å². The van der Waals surface area contributed by atoms with Gasteiger partial charge >= 0.3 is 0 Å². The number of unbranched alkanes of at least 4 members (excludes halogenated alkanes) is 1. The van der Waals surface area contributed by atoms with E-state index in [4.69, 9.17) is 4.74 Å². The van der Waals surface area contributed by atoms with Gasteiger partial charge in [0.1, 0.15) is 0 Å². The molecule has 0 aromatic carbocycles. The van der Waals surface area contributed by atoms with E-state index >= 15 is 0 Å². The Labute approximate surface area is 172 Å². The van der Waals surface area contributed by atoms with Crippen molar-refractivity contribution in [3.8, 4) is 0 Å². The molecule has 4 rings (SSSR count). The van der Waals surface area contributed by atoms with Gasteiger partial charge in [-0.1, -0.05) is 13.3 Å². The Morgan fingerprint density at radius 1 is 1.29 bits per heavy atom. The molecule has 0 saturated carbocycles. The fourth-order valence-corrected chi connectivity index (χ4v) is 6.09. The third kappa shape index (κ3) is 4.16. The van der Waals surface area contributed by atoms with Crippen LogP contribution in [0.15, 0.2) is 6.07 Å². The number of piperidine rings is 1. The number of thiophene rings is 1. The summed E-state index contributed by atoms with van der Waals surface area (Å²) in [6.07, 6.45) is 7.61. The molecule has 0 bridgehead atoms. The van der Waals surface area contributed by atoms with Crippen molar-refractivity contribution in [2.45, 2.75) is 70.0 Å². The molecule has 2 saturated heterocycles. The summed E-state index contributed by atoms with van der Waals surface area (Å²) in [5.41, 5.74) is 1.11. The van der Waals surface area contributed by atoms with Gasteiger partial charge in [-0.3, -0.25) is 4.79 Å². The van der Waals surface area contributed by atoms with E-state index in [-0.39, 0.29) is 17.6 Å². The van der Waals surface area contributed by atoms with Gasteiger partial charge in [0.2, 0.25) is 0 Å². The molecular weight excluding hydrogens is 372 g/mol. The molecule has 6 heteroatoms. The van der Waals surface area contributed by atoms with E-state index in [2.05, 4.69) is 17.9 Å². The van der Waals surface area contributed by atoms with Crippen molar-refractivity contribution in [2.24, 2.45) is 0 Å². The zero-order valence-corrected chi connectivity index (χ0v) is 17.9. The van der Waals surface area contributed by atoms with Crippen LogP contribution in [-0.4, -0.2) is 66.2 Å². The zero-order chi connectivity index (χ0) is 19.6. The van der Waals surface area contributed by atoms with Crippen molar-refractivity contribution in [2.75, 3.05) is 39.3 Å². The van der Waals surface area contributed by atoms with Crippen molar-refractivity contribution >= 4 is 17.2 Å². The highest BCUT2D eigenvalue weighted by atomic mass is 32.1. The summed E-state index contributed by atoms with van der Waals surface area (Å²) in [7, 11) is 0. The molecule has 3 aliphatic heterocycles. The van der Waals surface area contributed by atoms with Crippen LogP contribution in [-0.2, 0) is 16.8 Å². The van der Waals surface area contributed by atoms with E-state index in [0.29, 0.717) is 13.0 Å². The molecule has 1 unspecified atom stereocenters. The number of likely N-dealkylation sites (tertiary alicyclic amines) is 2. The molecule has 1 aromatic heterocycles. The lowest BCUT2D eigenvalue weighted by Crippen LogP contribution is -2.46. The van der Waals surface area contributed by atoms with Crippen LogP contribution in [0.3, 0.4) is 0 Å². The topological polar surface area (TPSA) is 53.0 Å². The average Bonchev–Trinajstić information content (AvgIpc) is 3.04. The van der Waals surface area contributed by atoms with E-state index in [0.717, 1.165) is 63.2 Å². The van der Waals surface area contributed by atoms with Crippen molar-refractivity contribution < 1.29 is 14.6 Å². The second-order valence-corrected chi connectivity index (χ2v) is 9.75. The maximum Gasteiger partial charge on any atom is 0.263 e. The maximum absolute atomic E-state index is 13.1. The summed E-state index contributed by atoms with van der Waals surface area (Å²) in [6, 6.07) is 2.14. The Balaban J connectivity index is 1.48. The molecule has 1 spiro atoms. The molecule has 1 aromatic rings. The van der Waals surface area contributed by atoms with Gasteiger partial charge in [-0.05, 0) is 56.7 Å². The van der Waals surface area contributed by atoms with Gasteiger partial charge in [0.25, 0.3) is 5.91 Å². The Bertz CT molecular complexity index is 681. The lowest BCUT2D eigenvalue weighted by atomic mass is 9.82. The molecule has 156 valence electrons. The van der Waals surface area contributed by atoms with Gasteiger partial charge in [0, 0.05) is 37.5 Å². The second kappa shape index (κ2) is 8.82. The van der Waals surface area contributed by atoms with Crippen LogP contribution in [0.2, 0.25) is 0 Å². The summed E-state index contributed by atoms with van der Waals surface area (Å²) in [4.78, 5) is 19.8. The van der Waals surface area contributed by atoms with Gasteiger partial charge in [-0.15, -0.1) is 11.3 Å². The lowest BCUT2D eigenvalue weighted by molar-refractivity contribution is -0.0971. The molecule has 2 fully saturated rings. The van der Waals surface area contributed by atoms with Crippen molar-refractivity contribution in [3.05, 3.63) is 21.4 Å². The summed E-state index contributed by atoms with van der Waals surface area (Å²) in [5.74, 6) is 0.143. The fraction of sp³-hybridized carbons (Fsp3) is 0.773. The number of nitrogens with zero attached hydrogens (tertiary/aromatic N) is 2. The quantitative estimate of drug-likeness (QED) is 0.833. The molecule has 4 heterocycles. The number of amides is 1. The van der Waals surface area contributed by atoms with Crippen LogP contribution in [0.1, 0.15) is 72.0 Å². The predicted octanol–water partition coefficient (Wildman–Crippen LogP) is 3.40. The largest absolute Gasteiger partial charge is 0.393 e. The molecule has 0 radical (unpaired) electrons. The van der Waals surface area contributed by atoms with Crippen LogP contribution >= 0.6 is 11.3 Å². The number of aliphatic hydroxyl groups excluding tert-OH is 1. The number of hydrogen-bond donors (Lipinski definition) is 1. The van der Waals surface area contributed by atoms with Crippen LogP contribution < -0.4 is 0 Å². The highest BCUT2D eigenvalue weighted by molar-refractivity contribution is 7.14. The highest BCUT2D eigenvalue weighted by Crippen LogP contribution is 2.44. The fourth-order valence-electron chi connectivity index (χ4n) is 4.89. The number of hydrogen-bond acceptors (Lipinski definition) is 5. The smallest absolute Gasteiger partial charge is 0.263 e. The molecule has 3 aliphatic rings. The van der Waals surface area contributed by atoms with E-state index < -0.39 is 0 Å². The maximum atomic E-state index is 13.1. The molecule has 28 heavy (non-hydrogen) atoms. The van der Waals surface area contributed by atoms with Crippen molar-refractivity contribution in [3.63, 3.8) is 0 Å². The highest BCUT2D eigenvalue weighted by Gasteiger charge is 2.42. The van der Waals surface area contributed by atoms with Crippen LogP contribution in [0.4, 0.5) is 0 Å². The molecule has 5 nitrogen and oxygen atoms in total. The van der Waals surface area contributed by atoms with Crippen LogP contribution in [0.5, 0.6) is 0 Å². The predicted molar refractivity (Wildman–Crippen MR) is 112 cm³/mol. The summed E-state index contributed by atoms with van der Waals surface area (Å²) in [5, 5.41) is 9.88. The van der Waals surface area contributed by atoms with Gasteiger partial charge in [0.15, 0.2) is 0 Å².